The predicted molar refractivity (Wildman–Crippen MR) is 27.4 cm³/mol. The molecule has 0 aliphatic rings. The highest BCUT2D eigenvalue weighted by molar-refractivity contribution is 5.36. The Morgan fingerprint density at radius 3 is 3.33 bits per heavy atom. The van der Waals surface area contributed by atoms with Gasteiger partial charge in [0.15, 0.2) is 12.4 Å². The molecule has 1 aromatic heterocycles. The molecule has 48 valence electrons. The Labute approximate surface area is 51.4 Å². The first-order valence-corrected chi connectivity index (χ1v) is 2.38. The number of hydrogen-bond acceptors (Lipinski definition) is 4. The lowest BCUT2D eigenvalue weighted by molar-refractivity contribution is -0.130. The zero-order chi connectivity index (χ0) is 6.53. The van der Waals surface area contributed by atoms with Crippen molar-refractivity contribution in [3.05, 3.63) is 18.0 Å². The number of carbonyl (C=O) groups excluding carboxylic acids is 1. The minimum absolute atomic E-state index is 0.156. The third kappa shape index (κ3) is 1.56. The van der Waals surface area contributed by atoms with Crippen molar-refractivity contribution in [2.45, 2.75) is 6.61 Å². The van der Waals surface area contributed by atoms with E-state index in [2.05, 4.69) is 14.4 Å². The van der Waals surface area contributed by atoms with Crippen molar-refractivity contribution in [2.75, 3.05) is 0 Å². The van der Waals surface area contributed by atoms with Crippen molar-refractivity contribution < 1.29 is 14.1 Å². The van der Waals surface area contributed by atoms with E-state index in [0.29, 0.717) is 12.2 Å². The van der Waals surface area contributed by atoms with Crippen LogP contribution in [0.4, 0.5) is 0 Å². The first-order chi connectivity index (χ1) is 4.43. The fourth-order valence-electron chi connectivity index (χ4n) is 0.433. The van der Waals surface area contributed by atoms with Gasteiger partial charge in [-0.25, -0.2) is 0 Å². The van der Waals surface area contributed by atoms with E-state index in [1.807, 2.05) is 0 Å². The van der Waals surface area contributed by atoms with Gasteiger partial charge in [-0.15, -0.1) is 0 Å². The molecule has 0 spiro atoms. The molecule has 1 heterocycles. The fourth-order valence-corrected chi connectivity index (χ4v) is 0.433. The lowest BCUT2D eigenvalue weighted by Crippen LogP contribution is -1.86. The SMILES string of the molecule is O=COCc1ccno1. The first kappa shape index (κ1) is 5.81. The number of ether oxygens (including phenoxy) is 1. The van der Waals surface area contributed by atoms with Gasteiger partial charge in [0.1, 0.15) is 0 Å². The Balaban J connectivity index is 2.38. The molecule has 0 fully saturated rings. The molecule has 0 bridgehead atoms. The van der Waals surface area contributed by atoms with Gasteiger partial charge in [0.2, 0.25) is 0 Å². The largest absolute Gasteiger partial charge is 0.460 e. The molecule has 1 aromatic rings. The van der Waals surface area contributed by atoms with Crippen molar-refractivity contribution in [1.82, 2.24) is 5.16 Å². The van der Waals surface area contributed by atoms with Crippen LogP contribution in [0.25, 0.3) is 0 Å². The van der Waals surface area contributed by atoms with Crippen LogP contribution in [0.1, 0.15) is 5.76 Å². The molecule has 0 saturated carbocycles. The van der Waals surface area contributed by atoms with Gasteiger partial charge in [0.25, 0.3) is 6.47 Å². The van der Waals surface area contributed by atoms with Crippen molar-refractivity contribution in [1.29, 1.82) is 0 Å². The molecular weight excluding hydrogens is 122 g/mol. The van der Waals surface area contributed by atoms with E-state index < -0.39 is 0 Å². The summed E-state index contributed by atoms with van der Waals surface area (Å²) in [6.45, 7) is 0.520. The molecule has 1 rings (SSSR count). The highest BCUT2D eigenvalue weighted by Gasteiger charge is 1.93. The fraction of sp³-hybridized carbons (Fsp3) is 0.200. The van der Waals surface area contributed by atoms with Crippen LogP contribution in [-0.2, 0) is 16.1 Å². The second-order valence-electron chi connectivity index (χ2n) is 1.39. The average Bonchev–Trinajstić information content (AvgIpc) is 2.34. The first-order valence-electron chi connectivity index (χ1n) is 2.38. The van der Waals surface area contributed by atoms with Gasteiger partial charge in [-0.05, 0) is 0 Å². The van der Waals surface area contributed by atoms with Gasteiger partial charge in [-0.1, -0.05) is 5.16 Å². The predicted octanol–water partition coefficient (Wildman–Crippen LogP) is 0.348. The Morgan fingerprint density at radius 1 is 1.89 bits per heavy atom. The normalized spacial score (nSPS) is 8.89. The lowest BCUT2D eigenvalue weighted by Gasteiger charge is -1.88. The summed E-state index contributed by atoms with van der Waals surface area (Å²) in [5, 5.41) is 3.40. The Hall–Kier alpha value is -1.32. The molecule has 0 aliphatic carbocycles. The summed E-state index contributed by atoms with van der Waals surface area (Å²) in [7, 11) is 0. The van der Waals surface area contributed by atoms with Crippen LogP contribution in [-0.4, -0.2) is 11.6 Å². The zero-order valence-corrected chi connectivity index (χ0v) is 4.61. The summed E-state index contributed by atoms with van der Waals surface area (Å²) in [5.41, 5.74) is 0. The summed E-state index contributed by atoms with van der Waals surface area (Å²) in [5.74, 6) is 0.544. The van der Waals surface area contributed by atoms with E-state index in [1.54, 1.807) is 6.07 Å². The van der Waals surface area contributed by atoms with Crippen molar-refractivity contribution in [3.8, 4) is 0 Å². The van der Waals surface area contributed by atoms with Crippen molar-refractivity contribution in [3.63, 3.8) is 0 Å². The standard InChI is InChI=1S/C5H5NO3/c7-4-8-3-5-1-2-6-9-5/h1-2,4H,3H2. The van der Waals surface area contributed by atoms with Crippen LogP contribution >= 0.6 is 0 Å². The van der Waals surface area contributed by atoms with Crippen LogP contribution in [0.5, 0.6) is 0 Å². The summed E-state index contributed by atoms with van der Waals surface area (Å²) >= 11 is 0. The van der Waals surface area contributed by atoms with E-state index in [1.165, 1.54) is 6.20 Å². The monoisotopic (exact) mass is 127 g/mol. The number of aromatic nitrogens is 1. The number of hydrogen-bond donors (Lipinski definition) is 0. The maximum atomic E-state index is 9.62. The van der Waals surface area contributed by atoms with Crippen molar-refractivity contribution in [2.24, 2.45) is 0 Å². The number of rotatable bonds is 3. The highest BCUT2D eigenvalue weighted by Crippen LogP contribution is 1.96. The smallest absolute Gasteiger partial charge is 0.293 e. The van der Waals surface area contributed by atoms with Crippen LogP contribution in [0.15, 0.2) is 16.8 Å². The summed E-state index contributed by atoms with van der Waals surface area (Å²) < 4.78 is 8.97. The minimum Gasteiger partial charge on any atom is -0.460 e. The quantitative estimate of drug-likeness (QED) is 0.549. The van der Waals surface area contributed by atoms with E-state index in [4.69, 9.17) is 0 Å². The molecular formula is C5H5NO3. The van der Waals surface area contributed by atoms with E-state index in [-0.39, 0.29) is 6.61 Å². The maximum absolute atomic E-state index is 9.62. The third-order valence-corrected chi connectivity index (χ3v) is 0.785. The summed E-state index contributed by atoms with van der Waals surface area (Å²) in [6, 6.07) is 1.63. The van der Waals surface area contributed by atoms with Gasteiger partial charge in [-0.3, -0.25) is 4.79 Å². The number of carbonyl (C=O) groups is 1. The minimum atomic E-state index is 0.156. The number of nitrogens with zero attached hydrogens (tertiary/aromatic N) is 1. The van der Waals surface area contributed by atoms with Crippen LogP contribution < -0.4 is 0 Å². The van der Waals surface area contributed by atoms with Gasteiger partial charge in [0, 0.05) is 6.07 Å². The molecule has 9 heavy (non-hydrogen) atoms. The molecule has 0 aliphatic heterocycles. The molecule has 0 saturated heterocycles. The second kappa shape index (κ2) is 2.86. The van der Waals surface area contributed by atoms with Crippen molar-refractivity contribution >= 4 is 6.47 Å². The molecule has 0 aromatic carbocycles. The molecule has 4 nitrogen and oxygen atoms in total. The lowest BCUT2D eigenvalue weighted by atomic mass is 10.5. The molecule has 0 radical (unpaired) electrons. The van der Waals surface area contributed by atoms with Crippen LogP contribution in [0.2, 0.25) is 0 Å². The molecule has 0 unspecified atom stereocenters. The highest BCUT2D eigenvalue weighted by atomic mass is 16.5. The molecule has 0 atom stereocenters. The molecule has 4 heteroatoms. The van der Waals surface area contributed by atoms with E-state index >= 15 is 0 Å². The second-order valence-corrected chi connectivity index (χ2v) is 1.39. The maximum Gasteiger partial charge on any atom is 0.293 e. The Bertz CT molecular complexity index is 170. The Morgan fingerprint density at radius 2 is 2.78 bits per heavy atom. The molecule has 0 amide bonds. The van der Waals surface area contributed by atoms with Gasteiger partial charge in [-0.2, -0.15) is 0 Å². The summed E-state index contributed by atoms with van der Waals surface area (Å²) in [4.78, 5) is 9.62. The van der Waals surface area contributed by atoms with E-state index in [9.17, 15) is 4.79 Å². The van der Waals surface area contributed by atoms with Gasteiger partial charge in [0.05, 0.1) is 6.20 Å². The topological polar surface area (TPSA) is 52.3 Å². The third-order valence-electron chi connectivity index (χ3n) is 0.785. The van der Waals surface area contributed by atoms with Crippen LogP contribution in [0.3, 0.4) is 0 Å². The average molecular weight is 127 g/mol. The van der Waals surface area contributed by atoms with Crippen LogP contribution in [0, 0.1) is 0 Å². The van der Waals surface area contributed by atoms with Gasteiger partial charge < -0.3 is 9.26 Å². The summed E-state index contributed by atoms with van der Waals surface area (Å²) in [6.07, 6.45) is 1.49. The van der Waals surface area contributed by atoms with Gasteiger partial charge >= 0.3 is 0 Å². The molecule has 0 N–H and O–H groups in total. The van der Waals surface area contributed by atoms with E-state index in [0.717, 1.165) is 0 Å². The zero-order valence-electron chi connectivity index (χ0n) is 4.61. The Kier molecular flexibility index (Phi) is 1.85.